The van der Waals surface area contributed by atoms with Crippen LogP contribution in [0, 0.1) is 5.92 Å². The summed E-state index contributed by atoms with van der Waals surface area (Å²) in [5.74, 6) is 2.61. The van der Waals surface area contributed by atoms with E-state index in [0.717, 1.165) is 17.3 Å². The van der Waals surface area contributed by atoms with E-state index in [0.29, 0.717) is 22.1 Å². The number of hydrogen-bond donors (Lipinski definition) is 0. The molecular weight excluding hydrogens is 291 g/mol. The minimum absolute atomic E-state index is 0.451. The number of hydrogen-bond acceptors (Lipinski definition) is 2. The van der Waals surface area contributed by atoms with Crippen LogP contribution in [0.2, 0.25) is 10.3 Å². The molecule has 3 rings (SSSR count). The highest BCUT2D eigenvalue weighted by molar-refractivity contribution is 6.34. The van der Waals surface area contributed by atoms with Gasteiger partial charge in [-0.25, -0.2) is 9.97 Å². The van der Waals surface area contributed by atoms with Crippen molar-refractivity contribution in [2.75, 3.05) is 0 Å². The molecule has 0 bridgehead atoms. The highest BCUT2D eigenvalue weighted by Gasteiger charge is 2.30. The molecule has 1 aromatic rings. The van der Waals surface area contributed by atoms with E-state index in [-0.39, 0.29) is 0 Å². The second-order valence-corrected chi connectivity index (χ2v) is 7.06. The summed E-state index contributed by atoms with van der Waals surface area (Å²) >= 11 is 12.9. The zero-order valence-corrected chi connectivity index (χ0v) is 13.6. The first-order chi connectivity index (χ1) is 9.69. The van der Waals surface area contributed by atoms with E-state index < -0.39 is 0 Å². The fraction of sp³-hybridized carbons (Fsp3) is 0.750. The van der Waals surface area contributed by atoms with Gasteiger partial charge in [-0.3, -0.25) is 0 Å². The molecule has 0 amide bonds. The molecule has 2 fully saturated rings. The molecule has 2 aliphatic rings. The molecule has 4 heteroatoms. The standard InChI is InChI=1S/C16H22Cl2N2/c1-2-10-7-8-12(9-10)16-19-14(17)13(15(18)20-16)11-5-3-4-6-11/h10-12H,2-9H2,1H3. The van der Waals surface area contributed by atoms with E-state index in [1.807, 2.05) is 0 Å². The number of halogens is 2. The Morgan fingerprint density at radius 2 is 1.60 bits per heavy atom. The van der Waals surface area contributed by atoms with Crippen molar-refractivity contribution in [1.29, 1.82) is 0 Å². The monoisotopic (exact) mass is 312 g/mol. The maximum absolute atomic E-state index is 6.43. The van der Waals surface area contributed by atoms with E-state index in [9.17, 15) is 0 Å². The molecule has 2 atom stereocenters. The molecule has 2 unspecified atom stereocenters. The van der Waals surface area contributed by atoms with Crippen LogP contribution in [0.3, 0.4) is 0 Å². The second kappa shape index (κ2) is 6.19. The SMILES string of the molecule is CCC1CCC(c2nc(Cl)c(C3CCCC3)c(Cl)n2)C1. The molecule has 20 heavy (non-hydrogen) atoms. The zero-order chi connectivity index (χ0) is 14.1. The predicted octanol–water partition coefficient (Wildman–Crippen LogP) is 5.73. The van der Waals surface area contributed by atoms with Crippen LogP contribution in [0.25, 0.3) is 0 Å². The Hall–Kier alpha value is -0.340. The summed E-state index contributed by atoms with van der Waals surface area (Å²) in [6.07, 6.45) is 9.76. The van der Waals surface area contributed by atoms with Crippen LogP contribution in [0.1, 0.15) is 81.5 Å². The van der Waals surface area contributed by atoms with Gasteiger partial charge in [-0.15, -0.1) is 0 Å². The topological polar surface area (TPSA) is 25.8 Å². The summed E-state index contributed by atoms with van der Waals surface area (Å²) in [4.78, 5) is 9.20. The molecule has 0 N–H and O–H groups in total. The van der Waals surface area contributed by atoms with Crippen LogP contribution < -0.4 is 0 Å². The van der Waals surface area contributed by atoms with Crippen LogP contribution in [0.5, 0.6) is 0 Å². The third kappa shape index (κ3) is 2.82. The summed E-state index contributed by atoms with van der Waals surface area (Å²) in [7, 11) is 0. The van der Waals surface area contributed by atoms with Crippen LogP contribution >= 0.6 is 23.2 Å². The first kappa shape index (κ1) is 14.6. The van der Waals surface area contributed by atoms with Crippen LogP contribution in [-0.2, 0) is 0 Å². The molecule has 1 aromatic heterocycles. The van der Waals surface area contributed by atoms with Gasteiger partial charge in [0.15, 0.2) is 0 Å². The van der Waals surface area contributed by atoms with Crippen molar-refractivity contribution in [2.45, 2.75) is 70.1 Å². The molecule has 0 aromatic carbocycles. The van der Waals surface area contributed by atoms with E-state index in [2.05, 4.69) is 16.9 Å². The van der Waals surface area contributed by atoms with Crippen molar-refractivity contribution in [3.63, 3.8) is 0 Å². The van der Waals surface area contributed by atoms with Gasteiger partial charge in [-0.2, -0.15) is 0 Å². The lowest BCUT2D eigenvalue weighted by Gasteiger charge is -2.16. The smallest absolute Gasteiger partial charge is 0.137 e. The van der Waals surface area contributed by atoms with Gasteiger partial charge in [0.05, 0.1) is 0 Å². The minimum atomic E-state index is 0.451. The maximum Gasteiger partial charge on any atom is 0.137 e. The lowest BCUT2D eigenvalue weighted by Crippen LogP contribution is -2.07. The average molecular weight is 313 g/mol. The molecule has 1 heterocycles. The summed E-state index contributed by atoms with van der Waals surface area (Å²) < 4.78 is 0. The molecule has 2 aliphatic carbocycles. The first-order valence-corrected chi connectivity index (χ1v) is 8.67. The van der Waals surface area contributed by atoms with Gasteiger partial charge in [-0.05, 0) is 43.9 Å². The van der Waals surface area contributed by atoms with E-state index in [4.69, 9.17) is 23.2 Å². The molecule has 0 saturated heterocycles. The van der Waals surface area contributed by atoms with Crippen molar-refractivity contribution in [3.05, 3.63) is 21.7 Å². The van der Waals surface area contributed by atoms with Crippen LogP contribution in [-0.4, -0.2) is 9.97 Å². The van der Waals surface area contributed by atoms with Crippen molar-refractivity contribution in [3.8, 4) is 0 Å². The summed E-state index contributed by atoms with van der Waals surface area (Å²) in [6.45, 7) is 2.26. The molecule has 2 saturated carbocycles. The molecule has 0 radical (unpaired) electrons. The minimum Gasteiger partial charge on any atom is -0.221 e. The third-order valence-corrected chi connectivity index (χ3v) is 5.69. The van der Waals surface area contributed by atoms with Gasteiger partial charge < -0.3 is 0 Å². The van der Waals surface area contributed by atoms with Crippen LogP contribution in [0.4, 0.5) is 0 Å². The highest BCUT2D eigenvalue weighted by Crippen LogP contribution is 2.43. The van der Waals surface area contributed by atoms with Gasteiger partial charge in [0, 0.05) is 11.5 Å². The largest absolute Gasteiger partial charge is 0.221 e. The third-order valence-electron chi connectivity index (χ3n) is 5.12. The van der Waals surface area contributed by atoms with E-state index in [1.165, 1.54) is 51.4 Å². The summed E-state index contributed by atoms with van der Waals surface area (Å²) in [6, 6.07) is 0. The Bertz CT molecular complexity index is 460. The fourth-order valence-electron chi connectivity index (χ4n) is 3.85. The molecular formula is C16H22Cl2N2. The van der Waals surface area contributed by atoms with Crippen molar-refractivity contribution in [1.82, 2.24) is 9.97 Å². The Morgan fingerprint density at radius 3 is 2.15 bits per heavy atom. The van der Waals surface area contributed by atoms with Gasteiger partial charge in [0.2, 0.25) is 0 Å². The summed E-state index contributed by atoms with van der Waals surface area (Å²) in [5.41, 5.74) is 1.000. The fourth-order valence-corrected chi connectivity index (χ4v) is 4.56. The highest BCUT2D eigenvalue weighted by atomic mass is 35.5. The maximum atomic E-state index is 6.43. The Kier molecular flexibility index (Phi) is 4.52. The predicted molar refractivity (Wildman–Crippen MR) is 83.6 cm³/mol. The Labute approximate surface area is 131 Å². The van der Waals surface area contributed by atoms with Gasteiger partial charge >= 0.3 is 0 Å². The van der Waals surface area contributed by atoms with E-state index in [1.54, 1.807) is 0 Å². The zero-order valence-electron chi connectivity index (χ0n) is 12.0. The Balaban J connectivity index is 1.84. The normalized spacial score (nSPS) is 27.4. The number of rotatable bonds is 3. The lowest BCUT2D eigenvalue weighted by atomic mass is 9.99. The molecule has 0 aliphatic heterocycles. The second-order valence-electron chi connectivity index (χ2n) is 6.34. The van der Waals surface area contributed by atoms with Gasteiger partial charge in [0.1, 0.15) is 16.1 Å². The lowest BCUT2D eigenvalue weighted by molar-refractivity contribution is 0.516. The van der Waals surface area contributed by atoms with Crippen molar-refractivity contribution >= 4 is 23.2 Å². The van der Waals surface area contributed by atoms with Crippen molar-refractivity contribution < 1.29 is 0 Å². The Morgan fingerprint density at radius 1 is 0.950 bits per heavy atom. The molecule has 2 nitrogen and oxygen atoms in total. The summed E-state index contributed by atoms with van der Waals surface area (Å²) in [5, 5.41) is 1.21. The van der Waals surface area contributed by atoms with E-state index >= 15 is 0 Å². The molecule has 0 spiro atoms. The van der Waals surface area contributed by atoms with Gasteiger partial charge in [0.25, 0.3) is 0 Å². The average Bonchev–Trinajstić information content (AvgIpc) is 3.09. The number of nitrogens with zero attached hydrogens (tertiary/aromatic N) is 2. The first-order valence-electron chi connectivity index (χ1n) is 7.91. The van der Waals surface area contributed by atoms with Crippen molar-refractivity contribution in [2.24, 2.45) is 5.92 Å². The number of aromatic nitrogens is 2. The van der Waals surface area contributed by atoms with Crippen LogP contribution in [0.15, 0.2) is 0 Å². The van der Waals surface area contributed by atoms with Gasteiger partial charge in [-0.1, -0.05) is 49.4 Å². The quantitative estimate of drug-likeness (QED) is 0.665. The molecule has 110 valence electrons.